The van der Waals surface area contributed by atoms with E-state index in [4.69, 9.17) is 18.9 Å². The van der Waals surface area contributed by atoms with Gasteiger partial charge < -0.3 is 24.3 Å². The average molecular weight is 305 g/mol. The zero-order chi connectivity index (χ0) is 16.0. The molecule has 1 N–H and O–H groups in total. The fraction of sp³-hybridized carbons (Fsp3) is 0.933. The molecule has 0 radical (unpaired) electrons. The molecule has 1 amide bonds. The Bertz CT molecular complexity index is 253. The van der Waals surface area contributed by atoms with Crippen molar-refractivity contribution in [3.8, 4) is 0 Å². The minimum absolute atomic E-state index is 0.391. The molecule has 6 nitrogen and oxygen atoms in total. The molecule has 0 saturated heterocycles. The Hall–Kier alpha value is -0.850. The van der Waals surface area contributed by atoms with Crippen LogP contribution in [0, 0.1) is 0 Å². The van der Waals surface area contributed by atoms with Gasteiger partial charge in [-0.1, -0.05) is 6.92 Å². The van der Waals surface area contributed by atoms with Crippen molar-refractivity contribution in [3.05, 3.63) is 0 Å². The lowest BCUT2D eigenvalue weighted by Gasteiger charge is -2.19. The third kappa shape index (κ3) is 17.1. The molecule has 0 saturated carbocycles. The van der Waals surface area contributed by atoms with E-state index in [1.165, 1.54) is 0 Å². The Balaban J connectivity index is 3.17. The van der Waals surface area contributed by atoms with Gasteiger partial charge in [-0.3, -0.25) is 0 Å². The SMILES string of the molecule is CCCOCCOCCOCCCNC(=O)OC(C)(C)C. The molecule has 0 aromatic carbocycles. The van der Waals surface area contributed by atoms with Crippen molar-refractivity contribution in [3.63, 3.8) is 0 Å². The number of carbonyl (C=O) groups is 1. The van der Waals surface area contributed by atoms with Crippen molar-refractivity contribution in [2.75, 3.05) is 46.2 Å². The molecule has 0 aliphatic rings. The second-order valence-electron chi connectivity index (χ2n) is 5.62. The van der Waals surface area contributed by atoms with Crippen molar-refractivity contribution in [2.45, 2.75) is 46.1 Å². The Morgan fingerprint density at radius 2 is 1.43 bits per heavy atom. The van der Waals surface area contributed by atoms with Crippen LogP contribution >= 0.6 is 0 Å². The number of amides is 1. The van der Waals surface area contributed by atoms with Gasteiger partial charge in [0, 0.05) is 19.8 Å². The van der Waals surface area contributed by atoms with Crippen LogP contribution in [0.3, 0.4) is 0 Å². The molecule has 126 valence electrons. The quantitative estimate of drug-likeness (QED) is 0.561. The van der Waals surface area contributed by atoms with Gasteiger partial charge in [-0.2, -0.15) is 0 Å². The fourth-order valence-corrected chi connectivity index (χ4v) is 1.37. The molecular formula is C15H31NO5. The Kier molecular flexibility index (Phi) is 12.3. The van der Waals surface area contributed by atoms with E-state index < -0.39 is 11.7 Å². The molecule has 0 unspecified atom stereocenters. The number of hydrogen-bond acceptors (Lipinski definition) is 5. The van der Waals surface area contributed by atoms with Crippen molar-refractivity contribution >= 4 is 6.09 Å². The second-order valence-corrected chi connectivity index (χ2v) is 5.62. The summed E-state index contributed by atoms with van der Waals surface area (Å²) in [5.74, 6) is 0. The van der Waals surface area contributed by atoms with E-state index in [-0.39, 0.29) is 0 Å². The summed E-state index contributed by atoms with van der Waals surface area (Å²) in [5, 5.41) is 2.68. The molecule has 21 heavy (non-hydrogen) atoms. The van der Waals surface area contributed by atoms with Gasteiger partial charge in [-0.05, 0) is 33.6 Å². The van der Waals surface area contributed by atoms with Gasteiger partial charge in [0.25, 0.3) is 0 Å². The normalized spacial score (nSPS) is 11.4. The molecule has 0 atom stereocenters. The summed E-state index contributed by atoms with van der Waals surface area (Å²) >= 11 is 0. The Morgan fingerprint density at radius 3 is 1.95 bits per heavy atom. The summed E-state index contributed by atoms with van der Waals surface area (Å²) in [7, 11) is 0. The van der Waals surface area contributed by atoms with Gasteiger partial charge >= 0.3 is 6.09 Å². The lowest BCUT2D eigenvalue weighted by Crippen LogP contribution is -2.33. The van der Waals surface area contributed by atoms with Crippen LogP contribution in [-0.4, -0.2) is 57.9 Å². The first kappa shape index (κ1) is 20.1. The van der Waals surface area contributed by atoms with E-state index in [2.05, 4.69) is 12.2 Å². The second kappa shape index (κ2) is 12.9. The fourth-order valence-electron chi connectivity index (χ4n) is 1.37. The predicted molar refractivity (Wildman–Crippen MR) is 81.6 cm³/mol. The maximum Gasteiger partial charge on any atom is 0.407 e. The van der Waals surface area contributed by atoms with Crippen LogP contribution in [0.4, 0.5) is 4.79 Å². The van der Waals surface area contributed by atoms with E-state index in [9.17, 15) is 4.79 Å². The molecule has 0 aromatic heterocycles. The number of carbonyl (C=O) groups excluding carboxylic acids is 1. The average Bonchev–Trinajstić information content (AvgIpc) is 2.38. The van der Waals surface area contributed by atoms with Gasteiger partial charge in [-0.15, -0.1) is 0 Å². The molecule has 0 bridgehead atoms. The van der Waals surface area contributed by atoms with Crippen LogP contribution in [-0.2, 0) is 18.9 Å². The topological polar surface area (TPSA) is 66.0 Å². The summed E-state index contributed by atoms with van der Waals surface area (Å²) in [5.41, 5.74) is -0.460. The molecule has 6 heteroatoms. The molecule has 0 aliphatic heterocycles. The van der Waals surface area contributed by atoms with E-state index in [0.717, 1.165) is 19.4 Å². The van der Waals surface area contributed by atoms with Crippen LogP contribution in [0.15, 0.2) is 0 Å². The lowest BCUT2D eigenvalue weighted by molar-refractivity contribution is 0.0140. The molecule has 0 rings (SSSR count). The van der Waals surface area contributed by atoms with Crippen molar-refractivity contribution in [2.24, 2.45) is 0 Å². The Morgan fingerprint density at radius 1 is 0.905 bits per heavy atom. The van der Waals surface area contributed by atoms with E-state index >= 15 is 0 Å². The smallest absolute Gasteiger partial charge is 0.407 e. The van der Waals surface area contributed by atoms with Crippen LogP contribution in [0.1, 0.15) is 40.5 Å². The van der Waals surface area contributed by atoms with Crippen LogP contribution in [0.5, 0.6) is 0 Å². The van der Waals surface area contributed by atoms with Gasteiger partial charge in [-0.25, -0.2) is 4.79 Å². The molecule has 0 spiro atoms. The third-order valence-corrected chi connectivity index (χ3v) is 2.23. The standard InChI is InChI=1S/C15H31NO5/c1-5-8-18-10-12-20-13-11-19-9-6-7-16-14(17)21-15(2,3)4/h5-13H2,1-4H3,(H,16,17). The van der Waals surface area contributed by atoms with Crippen molar-refractivity contribution < 1.29 is 23.7 Å². The summed E-state index contributed by atoms with van der Waals surface area (Å²) in [6, 6.07) is 0. The number of hydrogen-bond donors (Lipinski definition) is 1. The highest BCUT2D eigenvalue weighted by Crippen LogP contribution is 2.06. The van der Waals surface area contributed by atoms with Gasteiger partial charge in [0.1, 0.15) is 5.60 Å². The molecule has 0 heterocycles. The number of ether oxygens (including phenoxy) is 4. The maximum absolute atomic E-state index is 11.3. The van der Waals surface area contributed by atoms with Crippen LogP contribution < -0.4 is 5.32 Å². The molecule has 0 aliphatic carbocycles. The minimum Gasteiger partial charge on any atom is -0.444 e. The minimum atomic E-state index is -0.460. The zero-order valence-electron chi connectivity index (χ0n) is 13.9. The highest BCUT2D eigenvalue weighted by atomic mass is 16.6. The first-order valence-corrected chi connectivity index (χ1v) is 7.66. The third-order valence-electron chi connectivity index (χ3n) is 2.23. The van der Waals surface area contributed by atoms with E-state index in [1.807, 2.05) is 20.8 Å². The predicted octanol–water partition coefficient (Wildman–Crippen LogP) is 2.36. The maximum atomic E-state index is 11.3. The van der Waals surface area contributed by atoms with Gasteiger partial charge in [0.15, 0.2) is 0 Å². The first-order chi connectivity index (χ1) is 9.95. The summed E-state index contributed by atoms with van der Waals surface area (Å²) in [6.45, 7) is 11.9. The highest BCUT2D eigenvalue weighted by Gasteiger charge is 2.15. The first-order valence-electron chi connectivity index (χ1n) is 7.66. The molecular weight excluding hydrogens is 274 g/mol. The van der Waals surface area contributed by atoms with E-state index in [0.29, 0.717) is 39.6 Å². The number of nitrogens with one attached hydrogen (secondary N) is 1. The summed E-state index contributed by atoms with van der Waals surface area (Å²) < 4.78 is 21.1. The van der Waals surface area contributed by atoms with Crippen molar-refractivity contribution in [1.29, 1.82) is 0 Å². The van der Waals surface area contributed by atoms with E-state index in [1.54, 1.807) is 0 Å². The summed E-state index contributed by atoms with van der Waals surface area (Å²) in [6.07, 6.45) is 1.39. The number of rotatable bonds is 12. The largest absolute Gasteiger partial charge is 0.444 e. The Labute approximate surface area is 128 Å². The lowest BCUT2D eigenvalue weighted by atomic mass is 10.2. The van der Waals surface area contributed by atoms with Crippen LogP contribution in [0.25, 0.3) is 0 Å². The zero-order valence-corrected chi connectivity index (χ0v) is 13.9. The van der Waals surface area contributed by atoms with Gasteiger partial charge in [0.05, 0.1) is 26.4 Å². The molecule has 0 fully saturated rings. The highest BCUT2D eigenvalue weighted by molar-refractivity contribution is 5.67. The van der Waals surface area contributed by atoms with Crippen LogP contribution in [0.2, 0.25) is 0 Å². The molecule has 0 aromatic rings. The van der Waals surface area contributed by atoms with Gasteiger partial charge in [0.2, 0.25) is 0 Å². The monoisotopic (exact) mass is 305 g/mol. The number of alkyl carbamates (subject to hydrolysis) is 1. The summed E-state index contributed by atoms with van der Waals surface area (Å²) in [4.78, 5) is 11.3. The van der Waals surface area contributed by atoms with Crippen molar-refractivity contribution in [1.82, 2.24) is 5.32 Å².